The van der Waals surface area contributed by atoms with Crippen LogP contribution >= 0.6 is 0 Å². The average molecular weight is 394 g/mol. The molecule has 29 heavy (non-hydrogen) atoms. The molecular formula is C24H31N3O2. The molecule has 1 unspecified atom stereocenters. The van der Waals surface area contributed by atoms with Crippen LogP contribution in [0.2, 0.25) is 0 Å². The lowest BCUT2D eigenvalue weighted by atomic mass is 9.95. The fraction of sp³-hybridized carbons (Fsp3) is 0.500. The van der Waals surface area contributed by atoms with Gasteiger partial charge in [0.15, 0.2) is 0 Å². The van der Waals surface area contributed by atoms with Gasteiger partial charge in [0.2, 0.25) is 5.91 Å². The molecule has 1 N–H and O–H groups in total. The molecule has 5 heteroatoms. The van der Waals surface area contributed by atoms with Crippen molar-refractivity contribution >= 4 is 5.91 Å². The van der Waals surface area contributed by atoms with E-state index in [2.05, 4.69) is 45.5 Å². The lowest BCUT2D eigenvalue weighted by molar-refractivity contribution is -0.128. The van der Waals surface area contributed by atoms with Crippen molar-refractivity contribution in [3.63, 3.8) is 0 Å². The van der Waals surface area contributed by atoms with E-state index in [0.29, 0.717) is 5.92 Å². The van der Waals surface area contributed by atoms with Gasteiger partial charge in [-0.2, -0.15) is 0 Å². The van der Waals surface area contributed by atoms with Crippen molar-refractivity contribution in [1.82, 2.24) is 15.2 Å². The summed E-state index contributed by atoms with van der Waals surface area (Å²) in [5, 5.41) is 3.21. The van der Waals surface area contributed by atoms with E-state index in [1.807, 2.05) is 12.3 Å². The van der Waals surface area contributed by atoms with Crippen LogP contribution in [0.15, 0.2) is 48.8 Å². The summed E-state index contributed by atoms with van der Waals surface area (Å²) in [7, 11) is 0. The van der Waals surface area contributed by atoms with E-state index in [1.165, 1.54) is 24.0 Å². The minimum absolute atomic E-state index is 0.141. The standard InChI is InChI=1S/C24H31N3O2/c28-24(22-9-13-29-14-10-22)26-15-20-3-2-12-27(18-20)17-19-5-7-21(8-6-19)23-4-1-11-25-16-23/h1,4-8,11,16,20,22H,2-3,9-10,12-15,17-18H2,(H,26,28). The molecule has 0 bridgehead atoms. The first-order valence-corrected chi connectivity index (χ1v) is 10.8. The first kappa shape index (κ1) is 20.0. The van der Waals surface area contributed by atoms with Crippen LogP contribution < -0.4 is 5.32 Å². The van der Waals surface area contributed by atoms with Crippen molar-refractivity contribution in [1.29, 1.82) is 0 Å². The molecule has 5 nitrogen and oxygen atoms in total. The van der Waals surface area contributed by atoms with Crippen LogP contribution in [0, 0.1) is 11.8 Å². The highest BCUT2D eigenvalue weighted by Crippen LogP contribution is 2.22. The summed E-state index contributed by atoms with van der Waals surface area (Å²) >= 11 is 0. The molecule has 0 saturated carbocycles. The number of piperidine rings is 1. The maximum atomic E-state index is 12.4. The molecule has 0 spiro atoms. The number of hydrogen-bond acceptors (Lipinski definition) is 4. The zero-order valence-electron chi connectivity index (χ0n) is 17.1. The number of likely N-dealkylation sites (tertiary alicyclic amines) is 1. The minimum atomic E-state index is 0.141. The van der Waals surface area contributed by atoms with Crippen molar-refractivity contribution in [2.24, 2.45) is 11.8 Å². The Morgan fingerprint density at radius 1 is 1.10 bits per heavy atom. The van der Waals surface area contributed by atoms with Gasteiger partial charge in [-0.3, -0.25) is 14.7 Å². The Kier molecular flexibility index (Phi) is 6.91. The van der Waals surface area contributed by atoms with Gasteiger partial charge in [-0.05, 0) is 60.9 Å². The highest BCUT2D eigenvalue weighted by atomic mass is 16.5. The van der Waals surface area contributed by atoms with Gasteiger partial charge >= 0.3 is 0 Å². The summed E-state index contributed by atoms with van der Waals surface area (Å²) in [6.45, 7) is 5.39. The van der Waals surface area contributed by atoms with Crippen LogP contribution in [-0.4, -0.2) is 48.6 Å². The largest absolute Gasteiger partial charge is 0.381 e. The third kappa shape index (κ3) is 5.64. The van der Waals surface area contributed by atoms with Gasteiger partial charge in [0.25, 0.3) is 0 Å². The van der Waals surface area contributed by atoms with Gasteiger partial charge in [0, 0.05) is 51.2 Å². The lowest BCUT2D eigenvalue weighted by Crippen LogP contribution is -2.42. The number of benzene rings is 1. The number of nitrogens with zero attached hydrogens (tertiary/aromatic N) is 2. The van der Waals surface area contributed by atoms with Crippen LogP contribution in [0.5, 0.6) is 0 Å². The number of hydrogen-bond donors (Lipinski definition) is 1. The topological polar surface area (TPSA) is 54.5 Å². The third-order valence-corrected chi connectivity index (χ3v) is 6.12. The van der Waals surface area contributed by atoms with Crippen LogP contribution in [0.3, 0.4) is 0 Å². The van der Waals surface area contributed by atoms with E-state index in [9.17, 15) is 4.79 Å². The molecule has 1 atom stereocenters. The van der Waals surface area contributed by atoms with Gasteiger partial charge in [-0.15, -0.1) is 0 Å². The van der Waals surface area contributed by atoms with E-state index in [4.69, 9.17) is 4.74 Å². The molecule has 0 radical (unpaired) electrons. The second-order valence-electron chi connectivity index (χ2n) is 8.31. The molecule has 0 aliphatic carbocycles. The Balaban J connectivity index is 1.26. The summed E-state index contributed by atoms with van der Waals surface area (Å²) < 4.78 is 5.36. The van der Waals surface area contributed by atoms with Gasteiger partial charge in [0.05, 0.1) is 0 Å². The number of carbonyl (C=O) groups excluding carboxylic acids is 1. The van der Waals surface area contributed by atoms with Crippen LogP contribution in [0.1, 0.15) is 31.2 Å². The van der Waals surface area contributed by atoms with E-state index < -0.39 is 0 Å². The number of carbonyl (C=O) groups is 1. The summed E-state index contributed by atoms with van der Waals surface area (Å²) in [6.07, 6.45) is 7.82. The molecule has 2 aliphatic rings. The number of nitrogens with one attached hydrogen (secondary N) is 1. The monoisotopic (exact) mass is 393 g/mol. The van der Waals surface area contributed by atoms with Gasteiger partial charge in [-0.1, -0.05) is 30.3 Å². The van der Waals surface area contributed by atoms with E-state index in [1.54, 1.807) is 6.20 Å². The number of aromatic nitrogens is 1. The van der Waals surface area contributed by atoms with Crippen LogP contribution in [-0.2, 0) is 16.1 Å². The minimum Gasteiger partial charge on any atom is -0.381 e. The Labute approximate surface area is 173 Å². The highest BCUT2D eigenvalue weighted by Gasteiger charge is 2.24. The molecular weight excluding hydrogens is 362 g/mol. The summed E-state index contributed by atoms with van der Waals surface area (Å²) in [5.41, 5.74) is 3.69. The number of amides is 1. The third-order valence-electron chi connectivity index (χ3n) is 6.12. The summed E-state index contributed by atoms with van der Waals surface area (Å²) in [6, 6.07) is 12.9. The van der Waals surface area contributed by atoms with Crippen molar-refractivity contribution < 1.29 is 9.53 Å². The predicted octanol–water partition coefficient (Wildman–Crippen LogP) is 3.50. The molecule has 2 aromatic rings. The smallest absolute Gasteiger partial charge is 0.223 e. The van der Waals surface area contributed by atoms with Crippen molar-refractivity contribution in [2.45, 2.75) is 32.2 Å². The predicted molar refractivity (Wildman–Crippen MR) is 114 cm³/mol. The van der Waals surface area contributed by atoms with Crippen molar-refractivity contribution in [3.8, 4) is 11.1 Å². The summed E-state index contributed by atoms with van der Waals surface area (Å²) in [5.74, 6) is 0.903. The number of ether oxygens (including phenoxy) is 1. The Morgan fingerprint density at radius 3 is 2.69 bits per heavy atom. The maximum Gasteiger partial charge on any atom is 0.223 e. The van der Waals surface area contributed by atoms with E-state index >= 15 is 0 Å². The molecule has 1 aromatic heterocycles. The Hall–Kier alpha value is -2.24. The van der Waals surface area contributed by atoms with Crippen molar-refractivity contribution in [2.75, 3.05) is 32.8 Å². The molecule has 4 rings (SSSR count). The number of rotatable bonds is 6. The molecule has 154 valence electrons. The van der Waals surface area contributed by atoms with Gasteiger partial charge in [0.1, 0.15) is 0 Å². The van der Waals surface area contributed by atoms with Crippen LogP contribution in [0.25, 0.3) is 11.1 Å². The SMILES string of the molecule is O=C(NCC1CCCN(Cc2ccc(-c3cccnc3)cc2)C1)C1CCOCC1. The number of pyridine rings is 1. The molecule has 2 saturated heterocycles. The molecule has 3 heterocycles. The molecule has 2 fully saturated rings. The fourth-order valence-corrected chi connectivity index (χ4v) is 4.40. The van der Waals surface area contributed by atoms with Gasteiger partial charge in [-0.25, -0.2) is 0 Å². The maximum absolute atomic E-state index is 12.4. The normalized spacial score (nSPS) is 21.0. The lowest BCUT2D eigenvalue weighted by Gasteiger charge is -2.33. The summed E-state index contributed by atoms with van der Waals surface area (Å²) in [4.78, 5) is 19.1. The van der Waals surface area contributed by atoms with Crippen molar-refractivity contribution in [3.05, 3.63) is 54.4 Å². The second kappa shape index (κ2) is 9.99. The second-order valence-corrected chi connectivity index (χ2v) is 8.31. The van der Waals surface area contributed by atoms with E-state index in [-0.39, 0.29) is 11.8 Å². The fourth-order valence-electron chi connectivity index (χ4n) is 4.40. The molecule has 1 amide bonds. The van der Waals surface area contributed by atoms with E-state index in [0.717, 1.165) is 57.8 Å². The Morgan fingerprint density at radius 2 is 1.93 bits per heavy atom. The Bertz CT molecular complexity index is 772. The molecule has 1 aromatic carbocycles. The first-order chi connectivity index (χ1) is 14.3. The van der Waals surface area contributed by atoms with Crippen LogP contribution in [0.4, 0.5) is 0 Å². The molecule has 2 aliphatic heterocycles. The zero-order chi connectivity index (χ0) is 19.9. The first-order valence-electron chi connectivity index (χ1n) is 10.8. The van der Waals surface area contributed by atoms with Gasteiger partial charge < -0.3 is 10.1 Å². The highest BCUT2D eigenvalue weighted by molar-refractivity contribution is 5.78. The average Bonchev–Trinajstić information content (AvgIpc) is 2.79. The quantitative estimate of drug-likeness (QED) is 0.816. The zero-order valence-corrected chi connectivity index (χ0v) is 17.1.